The summed E-state index contributed by atoms with van der Waals surface area (Å²) in [5.74, 6) is -0.261. The summed E-state index contributed by atoms with van der Waals surface area (Å²) >= 11 is 3.35. The Morgan fingerprint density at radius 2 is 2.46 bits per heavy atom. The van der Waals surface area contributed by atoms with Crippen LogP contribution in [0.3, 0.4) is 0 Å². The molecule has 0 aliphatic heterocycles. The van der Waals surface area contributed by atoms with Gasteiger partial charge in [0, 0.05) is 13.1 Å². The summed E-state index contributed by atoms with van der Waals surface area (Å²) in [6, 6.07) is 0. The average molecular weight is 247 g/mol. The maximum absolute atomic E-state index is 10.4. The number of ether oxygens (including phenoxy) is 1. The number of nitrogens with zero attached hydrogens (tertiary/aromatic N) is 2. The highest BCUT2D eigenvalue weighted by atomic mass is 79.9. The summed E-state index contributed by atoms with van der Waals surface area (Å²) in [6.45, 7) is 4.26. The molecule has 0 bridgehead atoms. The molecular weight excluding hydrogens is 236 g/mol. The number of esters is 1. The fourth-order valence-corrected chi connectivity index (χ4v) is 1.21. The highest BCUT2D eigenvalue weighted by molar-refractivity contribution is 9.10. The van der Waals surface area contributed by atoms with Crippen LogP contribution in [0.5, 0.6) is 0 Å². The molecule has 1 heterocycles. The topological polar surface area (TPSA) is 44.1 Å². The molecule has 0 radical (unpaired) electrons. The van der Waals surface area contributed by atoms with Crippen LogP contribution in [-0.4, -0.2) is 22.4 Å². The van der Waals surface area contributed by atoms with Gasteiger partial charge in [-0.3, -0.25) is 9.48 Å². The number of hydrogen-bond donors (Lipinski definition) is 0. The van der Waals surface area contributed by atoms with Crippen LogP contribution >= 0.6 is 15.9 Å². The Kier molecular flexibility index (Phi) is 3.48. The minimum atomic E-state index is -0.261. The van der Waals surface area contributed by atoms with Crippen LogP contribution < -0.4 is 0 Å². The minimum absolute atomic E-state index is 0.261. The predicted molar refractivity (Wildman–Crippen MR) is 51.3 cm³/mol. The van der Waals surface area contributed by atoms with Crippen LogP contribution in [0, 0.1) is 6.92 Å². The van der Waals surface area contributed by atoms with Gasteiger partial charge in [-0.05, 0) is 22.9 Å². The van der Waals surface area contributed by atoms with Crippen LogP contribution in [0.1, 0.15) is 12.6 Å². The Balaban J connectivity index is 2.41. The van der Waals surface area contributed by atoms with Crippen molar-refractivity contribution in [2.45, 2.75) is 20.4 Å². The lowest BCUT2D eigenvalue weighted by Gasteiger charge is -2.01. The summed E-state index contributed by atoms with van der Waals surface area (Å²) in [6.07, 6.45) is 1.86. The first-order chi connectivity index (χ1) is 6.09. The number of aryl methyl sites for hydroxylation is 1. The first-order valence-corrected chi connectivity index (χ1v) is 4.72. The molecule has 1 aromatic rings. The van der Waals surface area contributed by atoms with Crippen molar-refractivity contribution < 1.29 is 9.53 Å². The van der Waals surface area contributed by atoms with Gasteiger partial charge in [-0.1, -0.05) is 0 Å². The third-order valence-corrected chi connectivity index (χ3v) is 2.29. The maximum Gasteiger partial charge on any atom is 0.302 e. The van der Waals surface area contributed by atoms with Gasteiger partial charge in [0.15, 0.2) is 0 Å². The van der Waals surface area contributed by atoms with E-state index in [0.29, 0.717) is 13.2 Å². The average Bonchev–Trinajstić information content (AvgIpc) is 2.30. The van der Waals surface area contributed by atoms with E-state index in [1.54, 1.807) is 4.68 Å². The SMILES string of the molecule is CC(=O)OCCn1cc(Br)c(C)n1. The zero-order valence-electron chi connectivity index (χ0n) is 7.58. The second-order valence-corrected chi connectivity index (χ2v) is 3.52. The molecule has 0 aliphatic carbocycles. The standard InChI is InChI=1S/C8H11BrN2O2/c1-6-8(9)5-11(10-6)3-4-13-7(2)12/h5H,3-4H2,1-2H3. The lowest BCUT2D eigenvalue weighted by molar-refractivity contribution is -0.141. The van der Waals surface area contributed by atoms with E-state index >= 15 is 0 Å². The first kappa shape index (κ1) is 10.2. The monoisotopic (exact) mass is 246 g/mol. The Hall–Kier alpha value is -0.840. The number of carbonyl (C=O) groups excluding carboxylic acids is 1. The zero-order valence-corrected chi connectivity index (χ0v) is 9.17. The molecule has 0 saturated heterocycles. The molecule has 0 spiro atoms. The summed E-state index contributed by atoms with van der Waals surface area (Å²) in [5, 5.41) is 4.19. The Bertz CT molecular complexity index is 290. The normalized spacial score (nSPS) is 10.1. The quantitative estimate of drug-likeness (QED) is 0.760. The molecule has 0 aliphatic rings. The van der Waals surface area contributed by atoms with Crippen LogP contribution in [0.15, 0.2) is 10.7 Å². The fourth-order valence-electron chi connectivity index (χ4n) is 0.891. The minimum Gasteiger partial charge on any atom is -0.464 e. The van der Waals surface area contributed by atoms with Gasteiger partial charge in [0.25, 0.3) is 0 Å². The fraction of sp³-hybridized carbons (Fsp3) is 0.500. The zero-order chi connectivity index (χ0) is 9.84. The number of halogens is 1. The van der Waals surface area contributed by atoms with E-state index in [4.69, 9.17) is 4.74 Å². The Morgan fingerprint density at radius 3 is 2.92 bits per heavy atom. The van der Waals surface area contributed by atoms with Crippen LogP contribution in [-0.2, 0) is 16.1 Å². The third kappa shape index (κ3) is 3.18. The second kappa shape index (κ2) is 4.41. The van der Waals surface area contributed by atoms with Gasteiger partial charge in [0.05, 0.1) is 16.7 Å². The Morgan fingerprint density at radius 1 is 1.77 bits per heavy atom. The van der Waals surface area contributed by atoms with Crippen LogP contribution in [0.4, 0.5) is 0 Å². The highest BCUT2D eigenvalue weighted by Gasteiger charge is 2.01. The molecule has 4 nitrogen and oxygen atoms in total. The number of aromatic nitrogens is 2. The van der Waals surface area contributed by atoms with Gasteiger partial charge in [-0.15, -0.1) is 0 Å². The van der Waals surface area contributed by atoms with Gasteiger partial charge in [-0.2, -0.15) is 5.10 Å². The van der Waals surface area contributed by atoms with E-state index < -0.39 is 0 Å². The molecule has 0 fully saturated rings. The summed E-state index contributed by atoms with van der Waals surface area (Å²) in [7, 11) is 0. The molecule has 5 heteroatoms. The van der Waals surface area contributed by atoms with Crippen molar-refractivity contribution in [3.05, 3.63) is 16.4 Å². The van der Waals surface area contributed by atoms with Gasteiger partial charge >= 0.3 is 5.97 Å². The highest BCUT2D eigenvalue weighted by Crippen LogP contribution is 2.12. The molecule has 0 atom stereocenters. The van der Waals surface area contributed by atoms with Crippen molar-refractivity contribution in [1.82, 2.24) is 9.78 Å². The van der Waals surface area contributed by atoms with Crippen molar-refractivity contribution in [1.29, 1.82) is 0 Å². The maximum atomic E-state index is 10.4. The second-order valence-electron chi connectivity index (χ2n) is 2.67. The van der Waals surface area contributed by atoms with Crippen LogP contribution in [0.25, 0.3) is 0 Å². The smallest absolute Gasteiger partial charge is 0.302 e. The number of carbonyl (C=O) groups is 1. The molecule has 1 aromatic heterocycles. The lowest BCUT2D eigenvalue weighted by atomic mass is 10.5. The van der Waals surface area contributed by atoms with E-state index in [2.05, 4.69) is 21.0 Å². The third-order valence-electron chi connectivity index (χ3n) is 1.51. The molecule has 13 heavy (non-hydrogen) atoms. The van der Waals surface area contributed by atoms with Gasteiger partial charge in [0.2, 0.25) is 0 Å². The Labute approximate surface area is 85.0 Å². The first-order valence-electron chi connectivity index (χ1n) is 3.92. The lowest BCUT2D eigenvalue weighted by Crippen LogP contribution is -2.09. The van der Waals surface area contributed by atoms with E-state index in [9.17, 15) is 4.79 Å². The summed E-state index contributed by atoms with van der Waals surface area (Å²) in [5.41, 5.74) is 0.933. The molecule has 1 rings (SSSR count). The van der Waals surface area contributed by atoms with Crippen molar-refractivity contribution in [2.75, 3.05) is 6.61 Å². The molecule has 0 aromatic carbocycles. The molecular formula is C8H11BrN2O2. The van der Waals surface area contributed by atoms with E-state index in [0.717, 1.165) is 10.2 Å². The number of hydrogen-bond acceptors (Lipinski definition) is 3. The summed E-state index contributed by atoms with van der Waals surface area (Å²) < 4.78 is 7.49. The molecule has 0 saturated carbocycles. The van der Waals surface area contributed by atoms with E-state index in [1.165, 1.54) is 6.92 Å². The predicted octanol–water partition coefficient (Wildman–Crippen LogP) is 1.52. The van der Waals surface area contributed by atoms with E-state index in [1.807, 2.05) is 13.1 Å². The van der Waals surface area contributed by atoms with Gasteiger partial charge < -0.3 is 4.74 Å². The van der Waals surface area contributed by atoms with Crippen molar-refractivity contribution in [3.8, 4) is 0 Å². The molecule has 0 N–H and O–H groups in total. The molecule has 0 amide bonds. The largest absolute Gasteiger partial charge is 0.464 e. The van der Waals surface area contributed by atoms with Crippen molar-refractivity contribution in [2.24, 2.45) is 0 Å². The summed E-state index contributed by atoms with van der Waals surface area (Å²) in [4.78, 5) is 10.4. The molecule has 72 valence electrons. The van der Waals surface area contributed by atoms with Crippen molar-refractivity contribution >= 4 is 21.9 Å². The van der Waals surface area contributed by atoms with E-state index in [-0.39, 0.29) is 5.97 Å². The number of rotatable bonds is 3. The van der Waals surface area contributed by atoms with Gasteiger partial charge in [-0.25, -0.2) is 0 Å². The van der Waals surface area contributed by atoms with Crippen LogP contribution in [0.2, 0.25) is 0 Å². The van der Waals surface area contributed by atoms with Gasteiger partial charge in [0.1, 0.15) is 6.61 Å². The molecule has 0 unspecified atom stereocenters. The van der Waals surface area contributed by atoms with Crippen molar-refractivity contribution in [3.63, 3.8) is 0 Å².